The third-order valence-corrected chi connectivity index (χ3v) is 7.95. The van der Waals surface area contributed by atoms with Gasteiger partial charge in [-0.1, -0.05) is 23.4 Å². The van der Waals surface area contributed by atoms with Gasteiger partial charge in [0.2, 0.25) is 15.9 Å². The van der Waals surface area contributed by atoms with E-state index in [2.05, 4.69) is 20.1 Å². The van der Waals surface area contributed by atoms with E-state index in [1.807, 2.05) is 12.1 Å². The van der Waals surface area contributed by atoms with E-state index < -0.39 is 10.0 Å². The molecule has 11 nitrogen and oxygen atoms in total. The lowest BCUT2D eigenvalue weighted by molar-refractivity contribution is -0.145. The molecule has 0 saturated carbocycles. The predicted molar refractivity (Wildman–Crippen MR) is 141 cm³/mol. The zero-order valence-electron chi connectivity index (χ0n) is 21.6. The molecule has 2 aliphatic heterocycles. The van der Waals surface area contributed by atoms with Gasteiger partial charge in [-0.15, -0.1) is 0 Å². The standard InChI is InChI=1S/C25H41N5O6S/c31-25(8-7-24-6-5-9-26-22-24)27-10-3-1-2-4-21-37(32,33)30(12-11-28-13-17-34-18-14-28)36-23-29-15-19-35-20-16-29/h5-9,22H,1-4,10-21,23H2,(H,27,31)/b8-7+. The molecular formula is C25H41N5O6S. The zero-order chi connectivity index (χ0) is 26.2. The lowest BCUT2D eigenvalue weighted by Crippen LogP contribution is -2.46. The number of hydrogen-bond donors (Lipinski definition) is 1. The first kappa shape index (κ1) is 29.6. The first-order valence-corrected chi connectivity index (χ1v) is 14.7. The number of pyridine rings is 1. The number of ether oxygens (including phenoxy) is 2. The van der Waals surface area contributed by atoms with Crippen LogP contribution in [0.5, 0.6) is 0 Å². The summed E-state index contributed by atoms with van der Waals surface area (Å²) in [6.45, 7) is 7.35. The predicted octanol–water partition coefficient (Wildman–Crippen LogP) is 0.957. The van der Waals surface area contributed by atoms with Gasteiger partial charge >= 0.3 is 0 Å². The second-order valence-electron chi connectivity index (χ2n) is 9.11. The number of amides is 1. The van der Waals surface area contributed by atoms with E-state index in [1.165, 1.54) is 10.5 Å². The summed E-state index contributed by atoms with van der Waals surface area (Å²) in [6.07, 6.45) is 9.53. The van der Waals surface area contributed by atoms with Crippen LogP contribution in [0.4, 0.5) is 0 Å². The van der Waals surface area contributed by atoms with E-state index >= 15 is 0 Å². The summed E-state index contributed by atoms with van der Waals surface area (Å²) in [5.41, 5.74) is 0.867. The second kappa shape index (κ2) is 16.8. The summed E-state index contributed by atoms with van der Waals surface area (Å²) in [6, 6.07) is 3.69. The smallest absolute Gasteiger partial charge is 0.243 e. The average Bonchev–Trinajstić information content (AvgIpc) is 2.93. The molecule has 2 aliphatic rings. The number of unbranched alkanes of at least 4 members (excludes halogenated alkanes) is 3. The van der Waals surface area contributed by atoms with Crippen molar-refractivity contribution >= 4 is 22.0 Å². The van der Waals surface area contributed by atoms with Crippen molar-refractivity contribution in [1.29, 1.82) is 0 Å². The first-order chi connectivity index (χ1) is 18.0. The molecule has 12 heteroatoms. The lowest BCUT2D eigenvalue weighted by Gasteiger charge is -2.31. The minimum Gasteiger partial charge on any atom is -0.379 e. The van der Waals surface area contributed by atoms with E-state index in [0.717, 1.165) is 51.0 Å². The molecule has 0 radical (unpaired) electrons. The summed E-state index contributed by atoms with van der Waals surface area (Å²) < 4.78 is 38.1. The van der Waals surface area contributed by atoms with Crippen LogP contribution in [0.3, 0.4) is 0 Å². The molecule has 3 heterocycles. The van der Waals surface area contributed by atoms with Gasteiger partial charge in [-0.25, -0.2) is 8.42 Å². The van der Waals surface area contributed by atoms with E-state index in [9.17, 15) is 13.2 Å². The van der Waals surface area contributed by atoms with Crippen LogP contribution >= 0.6 is 0 Å². The van der Waals surface area contributed by atoms with Gasteiger partial charge < -0.3 is 14.8 Å². The number of hydrogen-bond acceptors (Lipinski definition) is 9. The first-order valence-electron chi connectivity index (χ1n) is 13.1. The number of sulfonamides is 1. The van der Waals surface area contributed by atoms with Crippen LogP contribution in [0.15, 0.2) is 30.6 Å². The number of hydroxylamine groups is 1. The van der Waals surface area contributed by atoms with Gasteiger partial charge in [0.05, 0.1) is 38.7 Å². The number of carbonyl (C=O) groups is 1. The molecule has 2 saturated heterocycles. The Morgan fingerprint density at radius 2 is 1.76 bits per heavy atom. The fraction of sp³-hybridized carbons (Fsp3) is 0.680. The van der Waals surface area contributed by atoms with Gasteiger partial charge in [0.25, 0.3) is 0 Å². The van der Waals surface area contributed by atoms with Crippen LogP contribution in [-0.4, -0.2) is 118 Å². The summed E-state index contributed by atoms with van der Waals surface area (Å²) in [7, 11) is -3.55. The fourth-order valence-corrected chi connectivity index (χ4v) is 5.33. The molecule has 3 rings (SSSR count). The SMILES string of the molecule is O=C(/C=C/c1cccnc1)NCCCCCCS(=O)(=O)N(CCN1CCOCC1)OCN1CCOCC1. The Hall–Kier alpha value is -1.93. The van der Waals surface area contributed by atoms with E-state index in [-0.39, 0.29) is 18.4 Å². The van der Waals surface area contributed by atoms with Crippen molar-refractivity contribution in [2.75, 3.05) is 84.7 Å². The third kappa shape index (κ3) is 12.0. The molecule has 1 amide bonds. The Kier molecular flexibility index (Phi) is 13.5. The molecular weight excluding hydrogens is 498 g/mol. The quantitative estimate of drug-likeness (QED) is 0.186. The maximum Gasteiger partial charge on any atom is 0.243 e. The number of morpholine rings is 2. The monoisotopic (exact) mass is 539 g/mol. The summed E-state index contributed by atoms with van der Waals surface area (Å²) in [4.78, 5) is 26.0. The molecule has 1 aromatic rings. The highest BCUT2D eigenvalue weighted by Crippen LogP contribution is 2.11. The van der Waals surface area contributed by atoms with Crippen LogP contribution in [0.2, 0.25) is 0 Å². The van der Waals surface area contributed by atoms with Crippen molar-refractivity contribution in [2.24, 2.45) is 0 Å². The molecule has 0 spiro atoms. The van der Waals surface area contributed by atoms with Crippen LogP contribution in [0, 0.1) is 0 Å². The number of aromatic nitrogens is 1. The molecule has 1 N–H and O–H groups in total. The highest BCUT2D eigenvalue weighted by atomic mass is 32.2. The van der Waals surface area contributed by atoms with Crippen LogP contribution in [-0.2, 0) is 29.1 Å². The Morgan fingerprint density at radius 3 is 2.46 bits per heavy atom. The second-order valence-corrected chi connectivity index (χ2v) is 11.1. The molecule has 37 heavy (non-hydrogen) atoms. The molecule has 0 atom stereocenters. The molecule has 0 unspecified atom stereocenters. The number of carbonyl (C=O) groups excluding carboxylic acids is 1. The molecule has 208 valence electrons. The number of rotatable bonds is 16. The summed E-state index contributed by atoms with van der Waals surface area (Å²) >= 11 is 0. The minimum atomic E-state index is -3.55. The maximum atomic E-state index is 13.1. The largest absolute Gasteiger partial charge is 0.379 e. The molecule has 0 aliphatic carbocycles. The van der Waals surface area contributed by atoms with Crippen LogP contribution < -0.4 is 5.32 Å². The van der Waals surface area contributed by atoms with Crippen molar-refractivity contribution in [3.05, 3.63) is 36.2 Å². The van der Waals surface area contributed by atoms with E-state index in [4.69, 9.17) is 14.3 Å². The van der Waals surface area contributed by atoms with Crippen molar-refractivity contribution in [1.82, 2.24) is 24.6 Å². The Labute approximate surface area is 220 Å². The topological polar surface area (TPSA) is 114 Å². The fourth-order valence-electron chi connectivity index (χ4n) is 3.99. The van der Waals surface area contributed by atoms with E-state index in [1.54, 1.807) is 18.5 Å². The summed E-state index contributed by atoms with van der Waals surface area (Å²) in [5, 5.41) is 2.85. The van der Waals surface area contributed by atoms with Crippen LogP contribution in [0.1, 0.15) is 31.2 Å². The van der Waals surface area contributed by atoms with Gasteiger partial charge in [0.1, 0.15) is 6.73 Å². The normalized spacial score (nSPS) is 18.0. The average molecular weight is 540 g/mol. The maximum absolute atomic E-state index is 13.1. The van der Waals surface area contributed by atoms with Crippen molar-refractivity contribution in [3.63, 3.8) is 0 Å². The Balaban J connectivity index is 1.34. The van der Waals surface area contributed by atoms with Crippen LogP contribution in [0.25, 0.3) is 6.08 Å². The van der Waals surface area contributed by atoms with Gasteiger partial charge in [-0.3, -0.25) is 24.4 Å². The van der Waals surface area contributed by atoms with Gasteiger partial charge in [0.15, 0.2) is 0 Å². The zero-order valence-corrected chi connectivity index (χ0v) is 22.4. The number of nitrogens with zero attached hydrogens (tertiary/aromatic N) is 4. The van der Waals surface area contributed by atoms with Gasteiger partial charge in [0, 0.05) is 57.7 Å². The van der Waals surface area contributed by atoms with Gasteiger partial charge in [-0.05, 0) is 30.5 Å². The third-order valence-electron chi connectivity index (χ3n) is 6.24. The molecule has 1 aromatic heterocycles. The highest BCUT2D eigenvalue weighted by Gasteiger charge is 2.25. The Morgan fingerprint density at radius 1 is 1.05 bits per heavy atom. The number of nitrogens with one attached hydrogen (secondary N) is 1. The van der Waals surface area contributed by atoms with Gasteiger partial charge in [-0.2, -0.15) is 0 Å². The van der Waals surface area contributed by atoms with Crippen molar-refractivity contribution < 1.29 is 27.5 Å². The lowest BCUT2D eigenvalue weighted by atomic mass is 10.2. The molecule has 0 aromatic carbocycles. The highest BCUT2D eigenvalue weighted by molar-refractivity contribution is 7.88. The Bertz CT molecular complexity index is 883. The molecule has 0 bridgehead atoms. The minimum absolute atomic E-state index is 0.0411. The summed E-state index contributed by atoms with van der Waals surface area (Å²) in [5.74, 6) is -0.112. The van der Waals surface area contributed by atoms with E-state index in [0.29, 0.717) is 52.5 Å². The van der Waals surface area contributed by atoms with Crippen molar-refractivity contribution in [3.8, 4) is 0 Å². The molecule has 2 fully saturated rings. The van der Waals surface area contributed by atoms with Crippen molar-refractivity contribution in [2.45, 2.75) is 25.7 Å².